The lowest BCUT2D eigenvalue weighted by molar-refractivity contribution is 0.216. The Labute approximate surface area is 148 Å². The van der Waals surface area contributed by atoms with Crippen LogP contribution in [0.5, 0.6) is 5.75 Å². The molecule has 0 fully saturated rings. The molecule has 0 unspecified atom stereocenters. The minimum absolute atomic E-state index is 0.193. The second-order valence-electron chi connectivity index (χ2n) is 5.78. The molecular weight excluding hydrogens is 316 g/mol. The third-order valence-corrected chi connectivity index (χ3v) is 3.91. The minimum atomic E-state index is -0.360. The van der Waals surface area contributed by atoms with E-state index >= 15 is 0 Å². The second-order valence-corrected chi connectivity index (χ2v) is 5.78. The molecule has 2 amide bonds. The smallest absolute Gasteiger partial charge is 0.331 e. The van der Waals surface area contributed by atoms with Gasteiger partial charge in [0.15, 0.2) is 5.96 Å². The number of nitrogens with zero attached hydrogens (tertiary/aromatic N) is 2. The number of guanidine groups is 1. The van der Waals surface area contributed by atoms with Crippen molar-refractivity contribution in [1.29, 1.82) is 5.41 Å². The van der Waals surface area contributed by atoms with Crippen molar-refractivity contribution in [3.63, 3.8) is 0 Å². The molecular formula is C19H24N4O2. The topological polar surface area (TPSA) is 82.7 Å². The van der Waals surface area contributed by atoms with Gasteiger partial charge in [0.2, 0.25) is 0 Å². The molecule has 6 nitrogen and oxygen atoms in total. The molecule has 0 aliphatic carbocycles. The van der Waals surface area contributed by atoms with E-state index in [-0.39, 0.29) is 25.1 Å². The van der Waals surface area contributed by atoms with Crippen LogP contribution in [-0.4, -0.2) is 37.1 Å². The molecule has 0 atom stereocenters. The maximum absolute atomic E-state index is 12.8. The first kappa shape index (κ1) is 18.3. The van der Waals surface area contributed by atoms with E-state index in [1.54, 1.807) is 7.05 Å². The highest BCUT2D eigenvalue weighted by Gasteiger charge is 2.23. The van der Waals surface area contributed by atoms with Crippen molar-refractivity contribution in [3.05, 3.63) is 59.7 Å². The fourth-order valence-corrected chi connectivity index (χ4v) is 2.70. The van der Waals surface area contributed by atoms with Gasteiger partial charge in [0.1, 0.15) is 12.4 Å². The summed E-state index contributed by atoms with van der Waals surface area (Å²) in [5.41, 5.74) is 8.41. The Morgan fingerprint density at radius 1 is 1.08 bits per heavy atom. The van der Waals surface area contributed by atoms with Crippen molar-refractivity contribution in [1.82, 2.24) is 4.90 Å². The maximum atomic E-state index is 12.8. The lowest BCUT2D eigenvalue weighted by Gasteiger charge is -2.28. The molecule has 0 saturated carbocycles. The quantitative estimate of drug-likeness (QED) is 0.648. The maximum Gasteiger partial charge on any atom is 0.331 e. The highest BCUT2D eigenvalue weighted by Crippen LogP contribution is 2.24. The average molecular weight is 340 g/mol. The van der Waals surface area contributed by atoms with Crippen LogP contribution in [0.25, 0.3) is 0 Å². The summed E-state index contributed by atoms with van der Waals surface area (Å²) in [6, 6.07) is 14.8. The van der Waals surface area contributed by atoms with Gasteiger partial charge < -0.3 is 10.5 Å². The summed E-state index contributed by atoms with van der Waals surface area (Å²) >= 11 is 0. The summed E-state index contributed by atoms with van der Waals surface area (Å²) in [5.74, 6) is 0.404. The molecule has 0 heterocycles. The number of urea groups is 1. The first-order valence-corrected chi connectivity index (χ1v) is 8.05. The van der Waals surface area contributed by atoms with Crippen LogP contribution in [0, 0.1) is 19.3 Å². The SMILES string of the molecule is Cc1cccc(C)c1N(C)C(=O)N(CCOc1ccccc1)C(=N)N. The lowest BCUT2D eigenvalue weighted by atomic mass is 10.1. The Morgan fingerprint density at radius 2 is 1.68 bits per heavy atom. The summed E-state index contributed by atoms with van der Waals surface area (Å²) in [7, 11) is 1.69. The molecule has 2 aromatic carbocycles. The van der Waals surface area contributed by atoms with Crippen LogP contribution in [-0.2, 0) is 0 Å². The van der Waals surface area contributed by atoms with E-state index in [1.807, 2.05) is 62.4 Å². The summed E-state index contributed by atoms with van der Waals surface area (Å²) in [6.07, 6.45) is 0. The summed E-state index contributed by atoms with van der Waals surface area (Å²) < 4.78 is 5.61. The molecule has 6 heteroatoms. The fraction of sp³-hybridized carbons (Fsp3) is 0.263. The Hall–Kier alpha value is -3.02. The van der Waals surface area contributed by atoms with Gasteiger partial charge in [0.05, 0.1) is 12.2 Å². The molecule has 132 valence electrons. The van der Waals surface area contributed by atoms with E-state index < -0.39 is 0 Å². The number of ether oxygens (including phenoxy) is 1. The number of anilines is 1. The van der Waals surface area contributed by atoms with Gasteiger partial charge in [0.25, 0.3) is 0 Å². The highest BCUT2D eigenvalue weighted by atomic mass is 16.5. The number of nitrogens with one attached hydrogen (secondary N) is 1. The largest absolute Gasteiger partial charge is 0.492 e. The molecule has 2 rings (SSSR count). The summed E-state index contributed by atoms with van der Waals surface area (Å²) in [4.78, 5) is 15.5. The van der Waals surface area contributed by atoms with Crippen molar-refractivity contribution in [2.75, 3.05) is 25.1 Å². The van der Waals surface area contributed by atoms with E-state index in [0.29, 0.717) is 5.75 Å². The van der Waals surface area contributed by atoms with Crippen LogP contribution in [0.4, 0.5) is 10.5 Å². The molecule has 0 aliphatic rings. The second kappa shape index (κ2) is 8.19. The van der Waals surface area contributed by atoms with Gasteiger partial charge in [-0.3, -0.25) is 15.2 Å². The summed E-state index contributed by atoms with van der Waals surface area (Å²) in [6.45, 7) is 4.33. The number of hydrogen-bond acceptors (Lipinski definition) is 3. The van der Waals surface area contributed by atoms with Gasteiger partial charge >= 0.3 is 6.03 Å². The molecule has 0 aliphatic heterocycles. The number of amides is 2. The lowest BCUT2D eigenvalue weighted by Crippen LogP contribution is -2.49. The van der Waals surface area contributed by atoms with Crippen molar-refractivity contribution in [3.8, 4) is 5.75 Å². The zero-order valence-corrected chi connectivity index (χ0v) is 14.8. The third kappa shape index (κ3) is 4.50. The van der Waals surface area contributed by atoms with Crippen LogP contribution in [0.15, 0.2) is 48.5 Å². The Bertz CT molecular complexity index is 726. The van der Waals surface area contributed by atoms with Crippen LogP contribution in [0.3, 0.4) is 0 Å². The monoisotopic (exact) mass is 340 g/mol. The molecule has 0 aromatic heterocycles. The first-order valence-electron chi connectivity index (χ1n) is 8.05. The standard InChI is InChI=1S/C19H24N4O2/c1-14-8-7-9-15(2)17(14)22(3)19(24)23(18(20)21)12-13-25-16-10-5-4-6-11-16/h4-11H,12-13H2,1-3H3,(H3,20,21). The van der Waals surface area contributed by atoms with Crippen molar-refractivity contribution >= 4 is 17.7 Å². The predicted molar refractivity (Wildman–Crippen MR) is 100 cm³/mol. The number of rotatable bonds is 5. The molecule has 0 saturated heterocycles. The van der Waals surface area contributed by atoms with Gasteiger partial charge in [-0.15, -0.1) is 0 Å². The number of para-hydroxylation sites is 2. The number of hydrogen-bond donors (Lipinski definition) is 2. The molecule has 25 heavy (non-hydrogen) atoms. The van der Waals surface area contributed by atoms with Crippen molar-refractivity contribution < 1.29 is 9.53 Å². The van der Waals surface area contributed by atoms with Crippen LogP contribution in [0.2, 0.25) is 0 Å². The zero-order chi connectivity index (χ0) is 18.4. The zero-order valence-electron chi connectivity index (χ0n) is 14.8. The number of carbonyl (C=O) groups is 1. The number of carbonyl (C=O) groups excluding carboxylic acids is 1. The molecule has 0 spiro atoms. The van der Waals surface area contributed by atoms with Gasteiger partial charge in [-0.2, -0.15) is 0 Å². The van der Waals surface area contributed by atoms with Gasteiger partial charge in [-0.25, -0.2) is 4.79 Å². The van der Waals surface area contributed by atoms with E-state index in [1.165, 1.54) is 9.80 Å². The van der Waals surface area contributed by atoms with Crippen molar-refractivity contribution in [2.24, 2.45) is 5.73 Å². The Kier molecular flexibility index (Phi) is 6.00. The van der Waals surface area contributed by atoms with Gasteiger partial charge in [0, 0.05) is 7.05 Å². The minimum Gasteiger partial charge on any atom is -0.492 e. The molecule has 0 bridgehead atoms. The van der Waals surface area contributed by atoms with E-state index in [9.17, 15) is 4.79 Å². The molecule has 3 N–H and O–H groups in total. The van der Waals surface area contributed by atoms with Gasteiger partial charge in [-0.05, 0) is 37.1 Å². The van der Waals surface area contributed by atoms with Gasteiger partial charge in [-0.1, -0.05) is 36.4 Å². The third-order valence-electron chi connectivity index (χ3n) is 3.91. The normalized spacial score (nSPS) is 10.2. The fourth-order valence-electron chi connectivity index (χ4n) is 2.70. The van der Waals surface area contributed by atoms with Crippen molar-refractivity contribution in [2.45, 2.75) is 13.8 Å². The molecule has 0 radical (unpaired) electrons. The van der Waals surface area contributed by atoms with Crippen LogP contribution in [0.1, 0.15) is 11.1 Å². The van der Waals surface area contributed by atoms with E-state index in [0.717, 1.165) is 16.8 Å². The Balaban J connectivity index is 2.08. The first-order chi connectivity index (χ1) is 11.9. The van der Waals surface area contributed by atoms with E-state index in [4.69, 9.17) is 15.9 Å². The molecule has 2 aromatic rings. The Morgan fingerprint density at radius 3 is 2.24 bits per heavy atom. The average Bonchev–Trinajstić information content (AvgIpc) is 2.58. The number of benzene rings is 2. The van der Waals surface area contributed by atoms with Crippen LogP contribution < -0.4 is 15.4 Å². The van der Waals surface area contributed by atoms with Crippen LogP contribution >= 0.6 is 0 Å². The number of nitrogens with two attached hydrogens (primary N) is 1. The number of aryl methyl sites for hydroxylation is 2. The van der Waals surface area contributed by atoms with E-state index in [2.05, 4.69) is 0 Å². The predicted octanol–water partition coefficient (Wildman–Crippen LogP) is 3.13. The summed E-state index contributed by atoms with van der Waals surface area (Å²) in [5, 5.41) is 7.73. The highest BCUT2D eigenvalue weighted by molar-refractivity contribution is 6.02.